The summed E-state index contributed by atoms with van der Waals surface area (Å²) < 4.78 is 25.2. The summed E-state index contributed by atoms with van der Waals surface area (Å²) in [6, 6.07) is 23.9. The van der Waals surface area contributed by atoms with Crippen molar-refractivity contribution in [1.29, 1.82) is 0 Å². The number of nitrogens with one attached hydrogen (secondary N) is 1. The van der Waals surface area contributed by atoms with Gasteiger partial charge in [-0.05, 0) is 44.2 Å². The van der Waals surface area contributed by atoms with Gasteiger partial charge in [-0.15, -0.1) is 0 Å². The molecule has 0 aliphatic heterocycles. The minimum absolute atomic E-state index is 0.0621. The fourth-order valence-corrected chi connectivity index (χ4v) is 4.84. The first kappa shape index (κ1) is 23.7. The summed E-state index contributed by atoms with van der Waals surface area (Å²) in [5.41, 5.74) is 4.40. The lowest BCUT2D eigenvalue weighted by molar-refractivity contribution is -0.115. The Kier molecular flexibility index (Phi) is 6.87. The Morgan fingerprint density at radius 1 is 1.03 bits per heavy atom. The highest BCUT2D eigenvalue weighted by Gasteiger charge is 2.21. The van der Waals surface area contributed by atoms with Crippen LogP contribution in [0.5, 0.6) is 0 Å². The first-order valence-corrected chi connectivity index (χ1v) is 13.0. The predicted octanol–water partition coefficient (Wildman–Crippen LogP) is 4.61. The van der Waals surface area contributed by atoms with Crippen molar-refractivity contribution >= 4 is 33.4 Å². The minimum Gasteiger partial charge on any atom is -0.325 e. The Hall–Kier alpha value is -3.40. The molecule has 4 aromatic rings. The number of rotatable bonds is 7. The molecule has 3 aromatic carbocycles. The number of nitrogens with zero attached hydrogens (tertiary/aromatic N) is 2. The van der Waals surface area contributed by atoms with E-state index in [1.807, 2.05) is 41.8 Å². The Morgan fingerprint density at radius 3 is 2.41 bits per heavy atom. The molecule has 0 aliphatic carbocycles. The van der Waals surface area contributed by atoms with Crippen molar-refractivity contribution in [3.8, 4) is 16.9 Å². The molecule has 1 heterocycles. The molecule has 1 unspecified atom stereocenters. The number of carbonyl (C=O) groups excluding carboxylic acids is 1. The number of hydrogen-bond acceptors (Lipinski definition) is 5. The van der Waals surface area contributed by atoms with Gasteiger partial charge in [-0.1, -0.05) is 65.9 Å². The van der Waals surface area contributed by atoms with Gasteiger partial charge in [0.2, 0.25) is 15.9 Å². The van der Waals surface area contributed by atoms with Gasteiger partial charge >= 0.3 is 0 Å². The van der Waals surface area contributed by atoms with Crippen LogP contribution >= 0.6 is 11.8 Å². The molecule has 4 rings (SSSR count). The van der Waals surface area contributed by atoms with Crippen molar-refractivity contribution in [3.05, 3.63) is 90.6 Å². The van der Waals surface area contributed by atoms with Crippen molar-refractivity contribution < 1.29 is 13.2 Å². The fourth-order valence-electron chi connectivity index (χ4n) is 3.38. The summed E-state index contributed by atoms with van der Waals surface area (Å²) in [6.45, 7) is 3.82. The topological polar surface area (TPSA) is 107 Å². The van der Waals surface area contributed by atoms with Gasteiger partial charge in [0, 0.05) is 16.9 Å². The molecular formula is C25H24N4O3S2. The number of para-hydroxylation sites is 1. The molecule has 9 heteroatoms. The second-order valence-corrected chi connectivity index (χ2v) is 10.7. The zero-order valence-electron chi connectivity index (χ0n) is 18.7. The van der Waals surface area contributed by atoms with Gasteiger partial charge in [-0.2, -0.15) is 0 Å². The normalized spacial score (nSPS) is 12.3. The molecule has 34 heavy (non-hydrogen) atoms. The van der Waals surface area contributed by atoms with Crippen molar-refractivity contribution in [3.63, 3.8) is 0 Å². The van der Waals surface area contributed by atoms with E-state index in [0.29, 0.717) is 10.8 Å². The van der Waals surface area contributed by atoms with Crippen LogP contribution in [0, 0.1) is 6.92 Å². The summed E-state index contributed by atoms with van der Waals surface area (Å²) in [5.74, 6) is -0.281. The lowest BCUT2D eigenvalue weighted by Crippen LogP contribution is -2.23. The molecule has 0 saturated carbocycles. The van der Waals surface area contributed by atoms with E-state index in [9.17, 15) is 13.2 Å². The molecule has 0 saturated heterocycles. The van der Waals surface area contributed by atoms with E-state index in [1.165, 1.54) is 35.5 Å². The van der Waals surface area contributed by atoms with E-state index in [1.54, 1.807) is 19.2 Å². The number of amides is 1. The number of sulfonamides is 1. The summed E-state index contributed by atoms with van der Waals surface area (Å²) in [6.07, 6.45) is 1.81. The minimum atomic E-state index is -3.86. The van der Waals surface area contributed by atoms with Gasteiger partial charge in [-0.25, -0.2) is 18.5 Å². The largest absolute Gasteiger partial charge is 0.325 e. The third kappa shape index (κ3) is 5.39. The molecule has 0 aliphatic rings. The molecule has 1 aromatic heterocycles. The van der Waals surface area contributed by atoms with Crippen molar-refractivity contribution in [2.75, 3.05) is 5.32 Å². The lowest BCUT2D eigenvalue weighted by Gasteiger charge is -2.15. The zero-order valence-corrected chi connectivity index (χ0v) is 20.3. The highest BCUT2D eigenvalue weighted by molar-refractivity contribution is 8.00. The number of imidazole rings is 1. The Bertz CT molecular complexity index is 1420. The van der Waals surface area contributed by atoms with Gasteiger partial charge in [0.25, 0.3) is 0 Å². The number of primary sulfonamides is 1. The lowest BCUT2D eigenvalue weighted by atomic mass is 10.1. The van der Waals surface area contributed by atoms with Crippen LogP contribution in [-0.2, 0) is 14.8 Å². The third-order valence-corrected chi connectivity index (χ3v) is 7.15. The van der Waals surface area contributed by atoms with Gasteiger partial charge < -0.3 is 5.32 Å². The quantitative estimate of drug-likeness (QED) is 0.366. The molecule has 174 valence electrons. The summed E-state index contributed by atoms with van der Waals surface area (Å²) in [7, 11) is -3.86. The monoisotopic (exact) mass is 492 g/mol. The van der Waals surface area contributed by atoms with Gasteiger partial charge in [0.1, 0.15) is 0 Å². The number of aryl methyl sites for hydroxylation is 1. The smallest absolute Gasteiger partial charge is 0.238 e. The molecule has 1 atom stereocenters. The highest BCUT2D eigenvalue weighted by atomic mass is 32.2. The maximum atomic E-state index is 12.9. The highest BCUT2D eigenvalue weighted by Crippen LogP contribution is 2.32. The second-order valence-electron chi connectivity index (χ2n) is 7.79. The number of carbonyl (C=O) groups is 1. The fraction of sp³-hybridized carbons (Fsp3) is 0.120. The van der Waals surface area contributed by atoms with E-state index in [2.05, 4.69) is 34.6 Å². The molecule has 0 radical (unpaired) electrons. The summed E-state index contributed by atoms with van der Waals surface area (Å²) in [4.78, 5) is 17.4. The van der Waals surface area contributed by atoms with Crippen LogP contribution in [0.3, 0.4) is 0 Å². The Balaban J connectivity index is 1.61. The van der Waals surface area contributed by atoms with E-state index < -0.39 is 15.3 Å². The van der Waals surface area contributed by atoms with E-state index >= 15 is 0 Å². The average Bonchev–Trinajstić information content (AvgIpc) is 3.23. The van der Waals surface area contributed by atoms with Crippen LogP contribution in [0.25, 0.3) is 16.9 Å². The number of nitrogens with two attached hydrogens (primary N) is 1. The van der Waals surface area contributed by atoms with Crippen LogP contribution < -0.4 is 10.5 Å². The predicted molar refractivity (Wildman–Crippen MR) is 136 cm³/mol. The Labute approximate surface area is 203 Å². The van der Waals surface area contributed by atoms with Gasteiger partial charge in [-0.3, -0.25) is 9.36 Å². The number of hydrogen-bond donors (Lipinski definition) is 2. The Morgan fingerprint density at radius 2 is 1.74 bits per heavy atom. The van der Waals surface area contributed by atoms with Crippen LogP contribution in [0.15, 0.2) is 95.1 Å². The first-order valence-electron chi connectivity index (χ1n) is 10.5. The van der Waals surface area contributed by atoms with E-state index in [0.717, 1.165) is 16.9 Å². The SMILES string of the molecule is Cc1ccc(-c2cnc(SC(C)C(=O)Nc3cccc(S(N)(=O)=O)c3)n2-c2ccccc2)cc1. The zero-order chi connectivity index (χ0) is 24.3. The standard InChI is InChI=1S/C25H24N4O3S2/c1-17-11-13-19(14-12-17)23-16-27-25(29(23)21-8-4-3-5-9-21)33-18(2)24(30)28-20-7-6-10-22(15-20)34(26,31)32/h3-16,18H,1-2H3,(H,28,30)(H2,26,31,32). The average molecular weight is 493 g/mol. The third-order valence-electron chi connectivity index (χ3n) is 5.17. The molecule has 0 fully saturated rings. The first-order chi connectivity index (χ1) is 16.2. The van der Waals surface area contributed by atoms with E-state index in [-0.39, 0.29) is 10.8 Å². The number of aromatic nitrogens is 2. The maximum Gasteiger partial charge on any atom is 0.238 e. The summed E-state index contributed by atoms with van der Waals surface area (Å²) in [5, 5.41) is 8.12. The number of thioether (sulfide) groups is 1. The van der Waals surface area contributed by atoms with Crippen LogP contribution in [0.4, 0.5) is 5.69 Å². The van der Waals surface area contributed by atoms with Crippen LogP contribution in [0.2, 0.25) is 0 Å². The molecule has 7 nitrogen and oxygen atoms in total. The van der Waals surface area contributed by atoms with Crippen molar-refractivity contribution in [2.24, 2.45) is 5.14 Å². The molecular weight excluding hydrogens is 468 g/mol. The van der Waals surface area contributed by atoms with E-state index in [4.69, 9.17) is 5.14 Å². The molecule has 0 spiro atoms. The van der Waals surface area contributed by atoms with Crippen LogP contribution in [-0.4, -0.2) is 29.1 Å². The second kappa shape index (κ2) is 9.84. The molecule has 0 bridgehead atoms. The maximum absolute atomic E-state index is 12.9. The van der Waals surface area contributed by atoms with Crippen molar-refractivity contribution in [2.45, 2.75) is 29.1 Å². The number of benzene rings is 3. The van der Waals surface area contributed by atoms with Crippen LogP contribution in [0.1, 0.15) is 12.5 Å². The summed E-state index contributed by atoms with van der Waals surface area (Å²) >= 11 is 1.32. The number of anilines is 1. The molecule has 1 amide bonds. The molecule has 3 N–H and O–H groups in total. The van der Waals surface area contributed by atoms with Crippen molar-refractivity contribution in [1.82, 2.24) is 9.55 Å². The van der Waals surface area contributed by atoms with Gasteiger partial charge in [0.15, 0.2) is 5.16 Å². The van der Waals surface area contributed by atoms with Gasteiger partial charge in [0.05, 0.1) is 22.0 Å².